The van der Waals surface area contributed by atoms with Crippen LogP contribution in [0.1, 0.15) is 56.0 Å². The van der Waals surface area contributed by atoms with E-state index in [0.717, 1.165) is 33.6 Å². The molecule has 6 aromatic carbocycles. The fraction of sp³-hybridized carbons (Fsp3) is 0.149. The predicted molar refractivity (Wildman–Crippen MR) is 210 cm³/mol. The van der Waals surface area contributed by atoms with Gasteiger partial charge in [-0.15, -0.1) is 0 Å². The van der Waals surface area contributed by atoms with Crippen molar-refractivity contribution in [2.45, 2.75) is 47.5 Å². The maximum Gasteiger partial charge on any atom is 0.234 e. The first-order valence-corrected chi connectivity index (χ1v) is 17.4. The van der Waals surface area contributed by atoms with Crippen molar-refractivity contribution in [2.75, 3.05) is 4.90 Å². The smallest absolute Gasteiger partial charge is 0.234 e. The van der Waals surface area contributed by atoms with Crippen LogP contribution in [0.4, 0.5) is 17.3 Å². The normalized spacial score (nSPS) is 11.2. The van der Waals surface area contributed by atoms with Gasteiger partial charge in [-0.3, -0.25) is 4.90 Å². The molecule has 0 spiro atoms. The van der Waals surface area contributed by atoms with Gasteiger partial charge >= 0.3 is 0 Å². The molecule has 0 saturated carbocycles. The third kappa shape index (κ3) is 6.47. The molecule has 3 nitrogen and oxygen atoms in total. The van der Waals surface area contributed by atoms with E-state index in [9.17, 15) is 0 Å². The zero-order valence-electron chi connectivity index (χ0n) is 29.8. The van der Waals surface area contributed by atoms with Crippen molar-refractivity contribution < 1.29 is 0 Å². The van der Waals surface area contributed by atoms with Crippen LogP contribution in [0.25, 0.3) is 22.3 Å². The molecule has 0 amide bonds. The molecule has 7 rings (SSSR count). The molecule has 0 fully saturated rings. The standard InChI is InChI=1S/C47H43N3/c1-31-25-33(3)44(34(4)26-31)46(45-35(5)27-32(2)28-36(45)6)39-21-23-41(24-22-39)50(43-20-14-13-19-42(43)38-17-11-8-12-18-38)47-48-29-40(30-49-47)37-15-9-7-10-16-37/h7-30,46H,1-6H3. The summed E-state index contributed by atoms with van der Waals surface area (Å²) in [6.07, 6.45) is 3.85. The van der Waals surface area contributed by atoms with Crippen molar-refractivity contribution in [3.63, 3.8) is 0 Å². The number of anilines is 3. The van der Waals surface area contributed by atoms with Gasteiger partial charge in [0.15, 0.2) is 0 Å². The van der Waals surface area contributed by atoms with Gasteiger partial charge in [0.05, 0.1) is 5.69 Å². The number of hydrogen-bond donors (Lipinski definition) is 0. The fourth-order valence-corrected chi connectivity index (χ4v) is 7.70. The van der Waals surface area contributed by atoms with Gasteiger partial charge in [0.2, 0.25) is 5.95 Å². The Kier molecular flexibility index (Phi) is 9.15. The quantitative estimate of drug-likeness (QED) is 0.153. The highest BCUT2D eigenvalue weighted by Gasteiger charge is 2.26. The molecule has 0 saturated heterocycles. The summed E-state index contributed by atoms with van der Waals surface area (Å²) in [6, 6.07) is 47.7. The minimum absolute atomic E-state index is 0.0942. The highest BCUT2D eigenvalue weighted by atomic mass is 15.3. The van der Waals surface area contributed by atoms with E-state index in [0.29, 0.717) is 5.95 Å². The van der Waals surface area contributed by atoms with Gasteiger partial charge in [0.1, 0.15) is 0 Å². The summed E-state index contributed by atoms with van der Waals surface area (Å²) in [7, 11) is 0. The summed E-state index contributed by atoms with van der Waals surface area (Å²) in [6.45, 7) is 13.4. The largest absolute Gasteiger partial charge is 0.279 e. The first kappa shape index (κ1) is 32.7. The van der Waals surface area contributed by atoms with Gasteiger partial charge in [-0.2, -0.15) is 0 Å². The molecule has 1 aromatic heterocycles. The Morgan fingerprint density at radius 3 is 1.44 bits per heavy atom. The second-order valence-corrected chi connectivity index (χ2v) is 13.5. The van der Waals surface area contributed by atoms with Crippen LogP contribution in [0.3, 0.4) is 0 Å². The molecule has 0 aliphatic carbocycles. The average Bonchev–Trinajstić information content (AvgIpc) is 3.12. The molecule has 0 bridgehead atoms. The number of para-hydroxylation sites is 1. The van der Waals surface area contributed by atoms with Crippen molar-refractivity contribution >= 4 is 17.3 Å². The van der Waals surface area contributed by atoms with Crippen LogP contribution in [0.5, 0.6) is 0 Å². The van der Waals surface area contributed by atoms with Gasteiger partial charge in [-0.1, -0.05) is 126 Å². The Hall–Kier alpha value is -5.80. The number of rotatable bonds is 8. The van der Waals surface area contributed by atoms with Crippen molar-refractivity contribution in [3.05, 3.63) is 196 Å². The van der Waals surface area contributed by atoms with Gasteiger partial charge in [0.25, 0.3) is 0 Å². The summed E-state index contributed by atoms with van der Waals surface area (Å²) in [5.41, 5.74) is 18.2. The lowest BCUT2D eigenvalue weighted by molar-refractivity contribution is 0.919. The maximum absolute atomic E-state index is 4.97. The molecular weight excluding hydrogens is 607 g/mol. The highest BCUT2D eigenvalue weighted by molar-refractivity contribution is 5.86. The second kappa shape index (κ2) is 14.0. The van der Waals surface area contributed by atoms with Crippen LogP contribution in [-0.4, -0.2) is 9.97 Å². The van der Waals surface area contributed by atoms with Crippen molar-refractivity contribution in [3.8, 4) is 22.3 Å². The van der Waals surface area contributed by atoms with Crippen molar-refractivity contribution in [1.29, 1.82) is 0 Å². The average molecular weight is 650 g/mol. The second-order valence-electron chi connectivity index (χ2n) is 13.5. The van der Waals surface area contributed by atoms with Gasteiger partial charge in [0, 0.05) is 35.1 Å². The lowest BCUT2D eigenvalue weighted by atomic mass is 9.77. The van der Waals surface area contributed by atoms with E-state index in [1.165, 1.54) is 50.1 Å². The van der Waals surface area contributed by atoms with E-state index in [1.54, 1.807) is 0 Å². The van der Waals surface area contributed by atoms with Crippen LogP contribution < -0.4 is 4.90 Å². The lowest BCUT2D eigenvalue weighted by Crippen LogP contribution is -2.15. The van der Waals surface area contributed by atoms with Crippen LogP contribution >= 0.6 is 0 Å². The van der Waals surface area contributed by atoms with E-state index >= 15 is 0 Å². The van der Waals surface area contributed by atoms with Crippen molar-refractivity contribution in [1.82, 2.24) is 9.97 Å². The van der Waals surface area contributed by atoms with Crippen LogP contribution in [-0.2, 0) is 0 Å². The first-order valence-electron chi connectivity index (χ1n) is 17.4. The lowest BCUT2D eigenvalue weighted by Gasteiger charge is -2.29. The molecule has 0 aliphatic rings. The zero-order valence-corrected chi connectivity index (χ0v) is 29.8. The first-order chi connectivity index (χ1) is 24.3. The Labute approximate surface area is 297 Å². The minimum Gasteiger partial charge on any atom is -0.279 e. The number of aromatic nitrogens is 2. The third-order valence-corrected chi connectivity index (χ3v) is 9.71. The molecular formula is C47H43N3. The van der Waals surface area contributed by atoms with Crippen LogP contribution in [0.15, 0.2) is 146 Å². The Bertz CT molecular complexity index is 2150. The summed E-state index contributed by atoms with van der Waals surface area (Å²) < 4.78 is 0. The van der Waals surface area contributed by atoms with E-state index in [1.807, 2.05) is 30.6 Å². The van der Waals surface area contributed by atoms with E-state index < -0.39 is 0 Å². The molecule has 246 valence electrons. The number of nitrogens with zero attached hydrogens (tertiary/aromatic N) is 3. The number of benzene rings is 6. The monoisotopic (exact) mass is 649 g/mol. The molecule has 7 aromatic rings. The van der Waals surface area contributed by atoms with Crippen LogP contribution in [0, 0.1) is 41.5 Å². The molecule has 0 aliphatic heterocycles. The Balaban J connectivity index is 1.39. The molecule has 0 radical (unpaired) electrons. The van der Waals surface area contributed by atoms with E-state index in [-0.39, 0.29) is 5.92 Å². The Morgan fingerprint density at radius 1 is 0.460 bits per heavy atom. The zero-order chi connectivity index (χ0) is 34.8. The Morgan fingerprint density at radius 2 is 0.920 bits per heavy atom. The third-order valence-electron chi connectivity index (χ3n) is 9.71. The molecule has 0 N–H and O–H groups in total. The van der Waals surface area contributed by atoms with Crippen molar-refractivity contribution in [2.24, 2.45) is 0 Å². The molecule has 3 heteroatoms. The summed E-state index contributed by atoms with van der Waals surface area (Å²) in [5.74, 6) is 0.713. The highest BCUT2D eigenvalue weighted by Crippen LogP contribution is 2.43. The summed E-state index contributed by atoms with van der Waals surface area (Å²) >= 11 is 0. The van der Waals surface area contributed by atoms with Gasteiger partial charge in [-0.05, 0) is 110 Å². The van der Waals surface area contributed by atoms with E-state index in [2.05, 4.69) is 162 Å². The molecule has 0 unspecified atom stereocenters. The predicted octanol–water partition coefficient (Wildman–Crippen LogP) is 12.3. The maximum atomic E-state index is 4.97. The van der Waals surface area contributed by atoms with E-state index in [4.69, 9.17) is 9.97 Å². The minimum atomic E-state index is 0.0942. The van der Waals surface area contributed by atoms with Crippen LogP contribution in [0.2, 0.25) is 0 Å². The topological polar surface area (TPSA) is 29.0 Å². The molecule has 0 atom stereocenters. The number of hydrogen-bond acceptors (Lipinski definition) is 3. The molecule has 50 heavy (non-hydrogen) atoms. The van der Waals surface area contributed by atoms with Gasteiger partial charge < -0.3 is 0 Å². The summed E-state index contributed by atoms with van der Waals surface area (Å²) in [5, 5.41) is 0. The molecule has 1 heterocycles. The summed E-state index contributed by atoms with van der Waals surface area (Å²) in [4.78, 5) is 12.1. The van der Waals surface area contributed by atoms with Gasteiger partial charge in [-0.25, -0.2) is 9.97 Å². The SMILES string of the molecule is Cc1cc(C)c(C(c2ccc(N(c3ncc(-c4ccccc4)cn3)c3ccccc3-c3ccccc3)cc2)c2c(C)cc(C)cc2C)c(C)c1. The fourth-order valence-electron chi connectivity index (χ4n) is 7.70. The number of aryl methyl sites for hydroxylation is 6.